The Morgan fingerprint density at radius 2 is 0.912 bits per heavy atom. The van der Waals surface area contributed by atoms with Crippen molar-refractivity contribution in [3.63, 3.8) is 0 Å². The van der Waals surface area contributed by atoms with Gasteiger partial charge < -0.3 is 39.0 Å². The molecule has 0 unspecified atom stereocenters. The number of aliphatic hydroxyl groups excluding tert-OH is 2. The van der Waals surface area contributed by atoms with Crippen molar-refractivity contribution in [3.8, 4) is 0 Å². The minimum atomic E-state index is -1.67. The lowest BCUT2D eigenvalue weighted by atomic mass is 9.82. The average Bonchev–Trinajstić information content (AvgIpc) is 4.15. The van der Waals surface area contributed by atoms with Crippen LogP contribution >= 0.6 is 23.2 Å². The largest absolute Gasteiger partial charge is 0.466 e. The molecule has 6 aliphatic rings. The highest BCUT2D eigenvalue weighted by Crippen LogP contribution is 2.59. The standard InChI is InChI=1S/2C25H23ClN2O6/c2*1-33-22(30)20-19-11-16(29)13-28(19)25(21(20)23(31)34-2)17-10-15(26)8-9-18(17)27(24(25)32)12-14-6-4-3-5-7-14/h2*3-10,16,19,29H,11-13H2,1-2H3/t2*16-,19+,25-/m11/s1. The van der Waals surface area contributed by atoms with E-state index >= 15 is 0 Å². The van der Waals surface area contributed by atoms with Crippen molar-refractivity contribution >= 4 is 70.3 Å². The molecule has 0 bridgehead atoms. The maximum atomic E-state index is 14.4. The van der Waals surface area contributed by atoms with Crippen molar-refractivity contribution in [2.75, 3.05) is 51.3 Å². The molecule has 16 nitrogen and oxygen atoms in total. The Kier molecular flexibility index (Phi) is 12.3. The van der Waals surface area contributed by atoms with Crippen LogP contribution in [0.1, 0.15) is 35.1 Å². The number of hydrogen-bond donors (Lipinski definition) is 2. The average molecular weight is 966 g/mol. The Morgan fingerprint density at radius 1 is 0.559 bits per heavy atom. The van der Waals surface area contributed by atoms with Gasteiger partial charge in [-0.15, -0.1) is 0 Å². The minimum Gasteiger partial charge on any atom is -0.466 e. The zero-order valence-corrected chi connectivity index (χ0v) is 38.8. The summed E-state index contributed by atoms with van der Waals surface area (Å²) in [7, 11) is 4.84. The molecule has 0 aliphatic carbocycles. The monoisotopic (exact) mass is 964 g/mol. The second kappa shape index (κ2) is 17.9. The van der Waals surface area contributed by atoms with Crippen LogP contribution in [0.4, 0.5) is 11.4 Å². The van der Waals surface area contributed by atoms with E-state index in [1.165, 1.54) is 28.4 Å². The van der Waals surface area contributed by atoms with E-state index in [-0.39, 0.29) is 61.3 Å². The summed E-state index contributed by atoms with van der Waals surface area (Å²) in [6.07, 6.45) is -1.23. The first-order chi connectivity index (χ1) is 32.7. The molecule has 6 atom stereocenters. The van der Waals surface area contributed by atoms with Crippen LogP contribution in [0.25, 0.3) is 0 Å². The van der Waals surface area contributed by atoms with Crippen LogP contribution in [0.2, 0.25) is 10.0 Å². The van der Waals surface area contributed by atoms with Crippen molar-refractivity contribution < 1.29 is 57.9 Å². The molecule has 4 aromatic rings. The van der Waals surface area contributed by atoms with Crippen LogP contribution in [0, 0.1) is 0 Å². The number of halogens is 2. The van der Waals surface area contributed by atoms with Gasteiger partial charge in [0.1, 0.15) is 0 Å². The first-order valence-corrected chi connectivity index (χ1v) is 22.5. The molecule has 2 spiro atoms. The number of rotatable bonds is 8. The second-order valence-electron chi connectivity index (χ2n) is 17.2. The fourth-order valence-corrected chi connectivity index (χ4v) is 11.5. The summed E-state index contributed by atoms with van der Waals surface area (Å²) in [4.78, 5) is 87.8. The third kappa shape index (κ3) is 6.95. The first kappa shape index (κ1) is 46.7. The fraction of sp³-hybridized carbons (Fsp3) is 0.320. The number of methoxy groups -OCH3 is 4. The number of nitrogens with zero attached hydrogens (tertiary/aromatic N) is 4. The Labute approximate surface area is 400 Å². The molecular weight excluding hydrogens is 919 g/mol. The van der Waals surface area contributed by atoms with Crippen LogP contribution in [0.3, 0.4) is 0 Å². The lowest BCUT2D eigenvalue weighted by Crippen LogP contribution is -2.53. The van der Waals surface area contributed by atoms with Crippen molar-refractivity contribution in [2.24, 2.45) is 0 Å². The highest BCUT2D eigenvalue weighted by atomic mass is 35.5. The van der Waals surface area contributed by atoms with Crippen molar-refractivity contribution in [1.82, 2.24) is 9.80 Å². The van der Waals surface area contributed by atoms with Gasteiger partial charge in [-0.25, -0.2) is 19.2 Å². The van der Waals surface area contributed by atoms with Crippen LogP contribution in [0.15, 0.2) is 119 Å². The summed E-state index contributed by atoms with van der Waals surface area (Å²) < 4.78 is 20.2. The fourth-order valence-electron chi connectivity index (χ4n) is 11.1. The van der Waals surface area contributed by atoms with E-state index in [1.807, 2.05) is 60.7 Å². The highest BCUT2D eigenvalue weighted by Gasteiger charge is 2.70. The number of fused-ring (bicyclic) bond motifs is 8. The van der Waals surface area contributed by atoms with Gasteiger partial charge in [0, 0.05) is 46.3 Å². The number of ether oxygens (including phenoxy) is 4. The van der Waals surface area contributed by atoms with Gasteiger partial charge >= 0.3 is 23.9 Å². The van der Waals surface area contributed by atoms with Crippen molar-refractivity contribution in [3.05, 3.63) is 152 Å². The SMILES string of the molecule is COC(=O)C1=C(C(=O)OC)[C@]2(C(=O)N(Cc3ccccc3)c3ccc(Cl)cc32)N2C[C@H](O)C[C@@H]12.COC(=O)C1=C(C(=O)OC)[C@]2(C(=O)N(Cc3ccccc3)c3ccc(Cl)cc32)N2C[C@H](O)C[C@@H]12. The van der Waals surface area contributed by atoms with Gasteiger partial charge in [0.2, 0.25) is 0 Å². The van der Waals surface area contributed by atoms with Crippen LogP contribution in [-0.2, 0) is 71.9 Å². The van der Waals surface area contributed by atoms with Crippen molar-refractivity contribution in [2.45, 2.75) is 61.3 Å². The lowest BCUT2D eigenvalue weighted by Gasteiger charge is -2.35. The van der Waals surface area contributed by atoms with Gasteiger partial charge in [0.05, 0.1) is 87.4 Å². The third-order valence-electron chi connectivity index (χ3n) is 13.7. The molecule has 2 N–H and O–H groups in total. The van der Waals surface area contributed by atoms with Crippen LogP contribution in [-0.4, -0.2) is 122 Å². The Hall–Kier alpha value is -6.40. The van der Waals surface area contributed by atoms with Crippen LogP contribution in [0.5, 0.6) is 0 Å². The van der Waals surface area contributed by atoms with E-state index in [0.29, 0.717) is 32.5 Å². The summed E-state index contributed by atoms with van der Waals surface area (Å²) in [5.41, 5.74) is 0.435. The van der Waals surface area contributed by atoms with Gasteiger partial charge in [-0.05, 0) is 60.4 Å². The molecule has 2 fully saturated rings. The second-order valence-corrected chi connectivity index (χ2v) is 18.0. The van der Waals surface area contributed by atoms with Gasteiger partial charge in [-0.3, -0.25) is 19.4 Å². The van der Waals surface area contributed by atoms with E-state index in [2.05, 4.69) is 0 Å². The van der Waals surface area contributed by atoms with Gasteiger partial charge in [-0.1, -0.05) is 83.9 Å². The molecule has 2 amide bonds. The van der Waals surface area contributed by atoms with E-state index in [9.17, 15) is 39.0 Å². The lowest BCUT2D eigenvalue weighted by molar-refractivity contribution is -0.141. The van der Waals surface area contributed by atoms with Crippen LogP contribution < -0.4 is 9.80 Å². The normalized spacial score (nSPS) is 25.6. The number of anilines is 2. The molecule has 6 heterocycles. The molecule has 10 rings (SSSR count). The molecule has 0 aromatic heterocycles. The number of amides is 2. The van der Waals surface area contributed by atoms with E-state index in [4.69, 9.17) is 42.1 Å². The van der Waals surface area contributed by atoms with E-state index in [1.54, 1.807) is 56.0 Å². The quantitative estimate of drug-likeness (QED) is 0.187. The Morgan fingerprint density at radius 3 is 1.25 bits per heavy atom. The number of aliphatic hydroxyl groups is 2. The molecule has 4 aromatic carbocycles. The van der Waals surface area contributed by atoms with Gasteiger partial charge in [0.25, 0.3) is 11.8 Å². The number of carbonyl (C=O) groups excluding carboxylic acids is 6. The molecule has 6 aliphatic heterocycles. The molecule has 0 saturated carbocycles. The predicted octanol–water partition coefficient (Wildman–Crippen LogP) is 4.35. The zero-order valence-electron chi connectivity index (χ0n) is 37.3. The van der Waals surface area contributed by atoms with Gasteiger partial charge in [0.15, 0.2) is 11.1 Å². The molecule has 0 radical (unpaired) electrons. The summed E-state index contributed by atoms with van der Waals surface area (Å²) in [5, 5.41) is 21.8. The maximum absolute atomic E-state index is 14.4. The van der Waals surface area contributed by atoms with Gasteiger partial charge in [-0.2, -0.15) is 0 Å². The Bertz CT molecular complexity index is 2650. The molecular formula is C50H46Cl2N4O12. The maximum Gasteiger partial charge on any atom is 0.337 e. The van der Waals surface area contributed by atoms with E-state index in [0.717, 1.165) is 11.1 Å². The molecule has 18 heteroatoms. The minimum absolute atomic E-state index is 0.0340. The number of hydrogen-bond acceptors (Lipinski definition) is 14. The topological polar surface area (TPSA) is 193 Å². The summed E-state index contributed by atoms with van der Waals surface area (Å²) in [6.45, 7) is 0.670. The summed E-state index contributed by atoms with van der Waals surface area (Å²) in [5.74, 6) is -3.90. The number of benzene rings is 4. The first-order valence-electron chi connectivity index (χ1n) is 21.7. The summed E-state index contributed by atoms with van der Waals surface area (Å²) in [6, 6.07) is 27.7. The smallest absolute Gasteiger partial charge is 0.337 e. The third-order valence-corrected chi connectivity index (χ3v) is 14.2. The predicted molar refractivity (Wildman–Crippen MR) is 246 cm³/mol. The Balaban J connectivity index is 0.000000170. The van der Waals surface area contributed by atoms with E-state index < -0.39 is 71.1 Å². The highest BCUT2D eigenvalue weighted by molar-refractivity contribution is 6.32. The number of carbonyl (C=O) groups is 6. The molecule has 2 saturated heterocycles. The van der Waals surface area contributed by atoms with Crippen molar-refractivity contribution in [1.29, 1.82) is 0 Å². The zero-order chi connectivity index (χ0) is 48.4. The molecule has 352 valence electrons. The number of esters is 4. The summed E-state index contributed by atoms with van der Waals surface area (Å²) >= 11 is 12.8. The molecule has 68 heavy (non-hydrogen) atoms.